The quantitative estimate of drug-likeness (QED) is 0.805. The Morgan fingerprint density at radius 2 is 1.95 bits per heavy atom. The summed E-state index contributed by atoms with van der Waals surface area (Å²) in [4.78, 5) is 28.2. The predicted molar refractivity (Wildman–Crippen MR) is 73.7 cm³/mol. The van der Waals surface area contributed by atoms with E-state index in [1.807, 2.05) is 4.90 Å². The van der Waals surface area contributed by atoms with Gasteiger partial charge in [-0.25, -0.2) is 9.78 Å². The average Bonchev–Trinajstić information content (AvgIpc) is 2.38. The molecule has 1 saturated heterocycles. The molecule has 108 valence electrons. The van der Waals surface area contributed by atoms with Gasteiger partial charge in [0.15, 0.2) is 0 Å². The molecule has 20 heavy (non-hydrogen) atoms. The van der Waals surface area contributed by atoms with Crippen LogP contribution in [0.2, 0.25) is 5.15 Å². The molecule has 7 nitrogen and oxygen atoms in total. The van der Waals surface area contributed by atoms with Crippen molar-refractivity contribution in [2.24, 2.45) is 11.5 Å². The molecule has 8 heteroatoms. The first-order valence-electron chi connectivity index (χ1n) is 6.14. The Morgan fingerprint density at radius 1 is 1.30 bits per heavy atom. The lowest BCUT2D eigenvalue weighted by atomic mass is 10.1. The number of aromatic nitrogens is 1. The van der Waals surface area contributed by atoms with Gasteiger partial charge in [-0.05, 0) is 12.1 Å². The molecule has 1 aliphatic rings. The van der Waals surface area contributed by atoms with E-state index in [1.165, 1.54) is 6.07 Å². The Balaban J connectivity index is 2.12. The number of piperidine rings is 1. The molecule has 2 heterocycles. The third kappa shape index (κ3) is 3.30. The maximum absolute atomic E-state index is 11.4. The zero-order chi connectivity index (χ0) is 14.7. The zero-order valence-corrected chi connectivity index (χ0v) is 11.5. The number of amides is 2. The van der Waals surface area contributed by atoms with E-state index < -0.39 is 12.0 Å². The normalized spacial score (nSPS) is 15.9. The van der Waals surface area contributed by atoms with Crippen molar-refractivity contribution in [2.75, 3.05) is 18.0 Å². The summed E-state index contributed by atoms with van der Waals surface area (Å²) < 4.78 is 4.95. The maximum atomic E-state index is 11.4. The molecule has 0 spiro atoms. The molecule has 1 fully saturated rings. The molecule has 1 aromatic rings. The van der Waals surface area contributed by atoms with Crippen molar-refractivity contribution >= 4 is 29.4 Å². The first-order valence-corrected chi connectivity index (χ1v) is 6.52. The molecule has 0 radical (unpaired) electrons. The van der Waals surface area contributed by atoms with Crippen LogP contribution >= 0.6 is 11.6 Å². The second kappa shape index (κ2) is 5.96. The van der Waals surface area contributed by atoms with Crippen LogP contribution in [0.5, 0.6) is 0 Å². The summed E-state index contributed by atoms with van der Waals surface area (Å²) >= 11 is 5.86. The number of halogens is 1. The van der Waals surface area contributed by atoms with Gasteiger partial charge in [0, 0.05) is 25.9 Å². The van der Waals surface area contributed by atoms with Crippen LogP contribution in [-0.2, 0) is 4.74 Å². The van der Waals surface area contributed by atoms with E-state index in [0.717, 1.165) is 0 Å². The van der Waals surface area contributed by atoms with Crippen molar-refractivity contribution in [1.29, 1.82) is 0 Å². The van der Waals surface area contributed by atoms with Crippen LogP contribution in [0.15, 0.2) is 12.1 Å². The number of anilines is 1. The standard InChI is InChI=1S/C12H15ClN4O3/c13-9-2-1-8(10(14)18)11(16-9)17-5-3-7(4-6-17)20-12(15)19/h1-2,7H,3-6H2,(H2,14,18)(H2,15,19). The second-order valence-electron chi connectivity index (χ2n) is 4.49. The van der Waals surface area contributed by atoms with Gasteiger partial charge < -0.3 is 21.1 Å². The third-order valence-corrected chi connectivity index (χ3v) is 3.34. The van der Waals surface area contributed by atoms with E-state index >= 15 is 0 Å². The second-order valence-corrected chi connectivity index (χ2v) is 4.88. The lowest BCUT2D eigenvalue weighted by Gasteiger charge is -2.32. The molecular formula is C12H15ClN4O3. The predicted octanol–water partition coefficient (Wildman–Crippen LogP) is 0.898. The largest absolute Gasteiger partial charge is 0.446 e. The fraction of sp³-hybridized carbons (Fsp3) is 0.417. The molecule has 1 aliphatic heterocycles. The molecule has 0 atom stereocenters. The van der Waals surface area contributed by atoms with Gasteiger partial charge in [0.1, 0.15) is 17.1 Å². The van der Waals surface area contributed by atoms with Crippen LogP contribution in [0.3, 0.4) is 0 Å². The van der Waals surface area contributed by atoms with Crippen molar-refractivity contribution in [2.45, 2.75) is 18.9 Å². The molecule has 0 saturated carbocycles. The molecule has 2 amide bonds. The highest BCUT2D eigenvalue weighted by atomic mass is 35.5. The fourth-order valence-corrected chi connectivity index (χ4v) is 2.35. The highest BCUT2D eigenvalue weighted by Gasteiger charge is 2.25. The summed E-state index contributed by atoms with van der Waals surface area (Å²) in [6, 6.07) is 3.08. The van der Waals surface area contributed by atoms with Gasteiger partial charge in [0.25, 0.3) is 5.91 Å². The topological polar surface area (TPSA) is 112 Å². The number of carbonyl (C=O) groups is 2. The third-order valence-electron chi connectivity index (χ3n) is 3.13. The molecular weight excluding hydrogens is 284 g/mol. The minimum Gasteiger partial charge on any atom is -0.446 e. The van der Waals surface area contributed by atoms with Crippen molar-refractivity contribution in [1.82, 2.24) is 4.98 Å². The number of hydrogen-bond donors (Lipinski definition) is 2. The lowest BCUT2D eigenvalue weighted by molar-refractivity contribution is 0.0911. The molecule has 4 N–H and O–H groups in total. The summed E-state index contributed by atoms with van der Waals surface area (Å²) in [5.74, 6) is -0.0952. The molecule has 0 bridgehead atoms. The SMILES string of the molecule is NC(=O)OC1CCN(c2nc(Cl)ccc2C(N)=O)CC1. The Morgan fingerprint density at radius 3 is 2.50 bits per heavy atom. The number of hydrogen-bond acceptors (Lipinski definition) is 5. The molecule has 0 unspecified atom stereocenters. The van der Waals surface area contributed by atoms with Crippen molar-refractivity contribution in [3.8, 4) is 0 Å². The maximum Gasteiger partial charge on any atom is 0.404 e. The number of primary amides is 2. The van der Waals surface area contributed by atoms with Crippen LogP contribution in [0.4, 0.5) is 10.6 Å². The van der Waals surface area contributed by atoms with Gasteiger partial charge >= 0.3 is 6.09 Å². The zero-order valence-electron chi connectivity index (χ0n) is 10.7. The Hall–Kier alpha value is -2.02. The van der Waals surface area contributed by atoms with Crippen molar-refractivity contribution < 1.29 is 14.3 Å². The summed E-state index contributed by atoms with van der Waals surface area (Å²) in [5, 5.41) is 0.292. The van der Waals surface area contributed by atoms with E-state index in [2.05, 4.69) is 4.98 Å². The number of pyridine rings is 1. The van der Waals surface area contributed by atoms with Crippen LogP contribution in [0, 0.1) is 0 Å². The minimum absolute atomic E-state index is 0.208. The summed E-state index contributed by atoms with van der Waals surface area (Å²) in [6.45, 7) is 1.15. The number of rotatable bonds is 3. The number of nitrogens with zero attached hydrogens (tertiary/aromatic N) is 2. The molecule has 0 aromatic carbocycles. The van der Waals surface area contributed by atoms with Gasteiger partial charge in [0.05, 0.1) is 5.56 Å². The lowest BCUT2D eigenvalue weighted by Crippen LogP contribution is -2.40. The fourth-order valence-electron chi connectivity index (χ4n) is 2.21. The highest BCUT2D eigenvalue weighted by Crippen LogP contribution is 2.24. The minimum atomic E-state index is -0.776. The Kier molecular flexibility index (Phi) is 4.29. The molecule has 0 aliphatic carbocycles. The number of nitrogens with two attached hydrogens (primary N) is 2. The van der Waals surface area contributed by atoms with Crippen LogP contribution < -0.4 is 16.4 Å². The molecule has 2 rings (SSSR count). The summed E-state index contributed by atoms with van der Waals surface area (Å²) in [6.07, 6.45) is 0.229. The van der Waals surface area contributed by atoms with E-state index in [-0.39, 0.29) is 6.10 Å². The smallest absolute Gasteiger partial charge is 0.404 e. The Bertz CT molecular complexity index is 529. The van der Waals surface area contributed by atoms with Gasteiger partial charge in [-0.15, -0.1) is 0 Å². The summed E-state index contributed by atoms with van der Waals surface area (Å²) in [5.41, 5.74) is 10.6. The monoisotopic (exact) mass is 298 g/mol. The van der Waals surface area contributed by atoms with Crippen molar-refractivity contribution in [3.63, 3.8) is 0 Å². The number of ether oxygens (including phenoxy) is 1. The first-order chi connectivity index (χ1) is 9.47. The first kappa shape index (κ1) is 14.4. The van der Waals surface area contributed by atoms with E-state index in [4.69, 9.17) is 27.8 Å². The van der Waals surface area contributed by atoms with Gasteiger partial charge in [0.2, 0.25) is 0 Å². The Labute approximate surface area is 120 Å². The van der Waals surface area contributed by atoms with Gasteiger partial charge in [-0.3, -0.25) is 4.79 Å². The number of carbonyl (C=O) groups excluding carboxylic acids is 2. The van der Waals surface area contributed by atoms with Crippen molar-refractivity contribution in [3.05, 3.63) is 22.8 Å². The van der Waals surface area contributed by atoms with Crippen LogP contribution in [0.1, 0.15) is 23.2 Å². The average molecular weight is 299 g/mol. The van der Waals surface area contributed by atoms with Gasteiger partial charge in [-0.2, -0.15) is 0 Å². The molecule has 1 aromatic heterocycles. The highest BCUT2D eigenvalue weighted by molar-refractivity contribution is 6.29. The van der Waals surface area contributed by atoms with E-state index in [0.29, 0.717) is 42.5 Å². The van der Waals surface area contributed by atoms with E-state index in [9.17, 15) is 9.59 Å². The van der Waals surface area contributed by atoms with E-state index in [1.54, 1.807) is 6.07 Å². The van der Waals surface area contributed by atoms with Gasteiger partial charge in [-0.1, -0.05) is 11.6 Å². The van der Waals surface area contributed by atoms with Crippen LogP contribution in [0.25, 0.3) is 0 Å². The summed E-state index contributed by atoms with van der Waals surface area (Å²) in [7, 11) is 0. The van der Waals surface area contributed by atoms with Crippen LogP contribution in [-0.4, -0.2) is 36.2 Å².